The molecule has 5 heteroatoms. The zero-order chi connectivity index (χ0) is 10.6. The quantitative estimate of drug-likeness (QED) is 0.594. The van der Waals surface area contributed by atoms with Crippen LogP contribution in [0.4, 0.5) is 0 Å². The molecule has 1 aliphatic rings. The number of nitrogens with zero attached hydrogens (tertiary/aromatic N) is 1. The van der Waals surface area contributed by atoms with Crippen molar-refractivity contribution in [1.29, 1.82) is 0 Å². The number of rotatable bonds is 2. The van der Waals surface area contributed by atoms with Crippen molar-refractivity contribution in [3.05, 3.63) is 12.2 Å². The maximum Gasteiger partial charge on any atom is 0.328 e. The first-order chi connectivity index (χ1) is 6.59. The maximum absolute atomic E-state index is 11.3. The van der Waals surface area contributed by atoms with Gasteiger partial charge in [-0.05, 0) is 12.8 Å². The summed E-state index contributed by atoms with van der Waals surface area (Å²) in [6, 6.07) is 0. The molecule has 0 bridgehead atoms. The molecule has 0 aromatic heterocycles. The van der Waals surface area contributed by atoms with Gasteiger partial charge in [0.15, 0.2) is 0 Å². The van der Waals surface area contributed by atoms with E-state index in [0.29, 0.717) is 25.9 Å². The summed E-state index contributed by atoms with van der Waals surface area (Å²) < 4.78 is 0. The molecule has 1 saturated heterocycles. The largest absolute Gasteiger partial charge is 0.478 e. The van der Waals surface area contributed by atoms with Crippen LogP contribution in [0.1, 0.15) is 12.8 Å². The highest BCUT2D eigenvalue weighted by Crippen LogP contribution is 2.09. The Bertz CT molecular complexity index is 254. The molecule has 0 aromatic carbocycles. The van der Waals surface area contributed by atoms with Gasteiger partial charge in [0, 0.05) is 25.2 Å². The number of aliphatic hydroxyl groups excluding tert-OH is 1. The van der Waals surface area contributed by atoms with Crippen LogP contribution < -0.4 is 0 Å². The van der Waals surface area contributed by atoms with Crippen molar-refractivity contribution in [3.8, 4) is 0 Å². The van der Waals surface area contributed by atoms with Gasteiger partial charge in [0.1, 0.15) is 0 Å². The molecule has 2 N–H and O–H groups in total. The first-order valence-electron chi connectivity index (χ1n) is 4.47. The molecule has 1 aliphatic heterocycles. The first kappa shape index (κ1) is 10.7. The Morgan fingerprint density at radius 1 is 1.21 bits per heavy atom. The van der Waals surface area contributed by atoms with Crippen molar-refractivity contribution < 1.29 is 19.8 Å². The minimum atomic E-state index is -1.13. The number of carboxylic acid groups (broad SMARTS) is 1. The predicted molar refractivity (Wildman–Crippen MR) is 48.6 cm³/mol. The molecule has 0 radical (unpaired) electrons. The second-order valence-corrected chi connectivity index (χ2v) is 3.23. The average Bonchev–Trinajstić information content (AvgIpc) is 2.15. The highest BCUT2D eigenvalue weighted by molar-refractivity contribution is 5.93. The number of likely N-dealkylation sites (tertiary alicyclic amines) is 1. The fourth-order valence-corrected chi connectivity index (χ4v) is 1.33. The van der Waals surface area contributed by atoms with Gasteiger partial charge in [-0.1, -0.05) is 0 Å². The number of aliphatic carboxylic acids is 1. The summed E-state index contributed by atoms with van der Waals surface area (Å²) >= 11 is 0. The highest BCUT2D eigenvalue weighted by atomic mass is 16.4. The Hall–Kier alpha value is -1.36. The van der Waals surface area contributed by atoms with Gasteiger partial charge in [-0.15, -0.1) is 0 Å². The summed E-state index contributed by atoms with van der Waals surface area (Å²) in [6.45, 7) is 0.980. The monoisotopic (exact) mass is 199 g/mol. The van der Waals surface area contributed by atoms with Crippen LogP contribution >= 0.6 is 0 Å². The molecule has 1 rings (SSSR count). The van der Waals surface area contributed by atoms with Crippen molar-refractivity contribution in [3.63, 3.8) is 0 Å². The van der Waals surface area contributed by atoms with E-state index < -0.39 is 5.97 Å². The summed E-state index contributed by atoms with van der Waals surface area (Å²) in [6.07, 6.45) is 2.66. The third-order valence-electron chi connectivity index (χ3n) is 2.14. The summed E-state index contributed by atoms with van der Waals surface area (Å²) in [4.78, 5) is 23.0. The molecule has 1 heterocycles. The number of aliphatic hydroxyl groups is 1. The van der Waals surface area contributed by atoms with Crippen LogP contribution in [-0.2, 0) is 9.59 Å². The number of carbonyl (C=O) groups is 2. The van der Waals surface area contributed by atoms with Crippen molar-refractivity contribution >= 4 is 11.9 Å². The molecule has 0 saturated carbocycles. The van der Waals surface area contributed by atoms with E-state index in [1.54, 1.807) is 0 Å². The molecule has 78 valence electrons. The maximum atomic E-state index is 11.3. The zero-order valence-electron chi connectivity index (χ0n) is 7.72. The normalized spacial score (nSPS) is 18.8. The highest BCUT2D eigenvalue weighted by Gasteiger charge is 2.19. The van der Waals surface area contributed by atoms with Gasteiger partial charge in [0.25, 0.3) is 0 Å². The molecular formula is C9H13NO4. The van der Waals surface area contributed by atoms with Crippen molar-refractivity contribution in [2.24, 2.45) is 0 Å². The van der Waals surface area contributed by atoms with Crippen molar-refractivity contribution in [2.75, 3.05) is 13.1 Å². The topological polar surface area (TPSA) is 77.8 Å². The minimum Gasteiger partial charge on any atom is -0.478 e. The number of carbonyl (C=O) groups excluding carboxylic acids is 1. The van der Waals surface area contributed by atoms with E-state index in [1.807, 2.05) is 0 Å². The van der Waals surface area contributed by atoms with Gasteiger partial charge in [-0.3, -0.25) is 4.79 Å². The Morgan fingerprint density at radius 3 is 2.29 bits per heavy atom. The van der Waals surface area contributed by atoms with E-state index in [9.17, 15) is 14.7 Å². The Balaban J connectivity index is 2.42. The van der Waals surface area contributed by atoms with Crippen LogP contribution in [0.5, 0.6) is 0 Å². The van der Waals surface area contributed by atoms with E-state index in [2.05, 4.69) is 0 Å². The van der Waals surface area contributed by atoms with E-state index >= 15 is 0 Å². The van der Waals surface area contributed by atoms with Gasteiger partial charge < -0.3 is 15.1 Å². The molecule has 0 unspecified atom stereocenters. The average molecular weight is 199 g/mol. The predicted octanol–water partition coefficient (Wildman–Crippen LogP) is -0.390. The van der Waals surface area contributed by atoms with Gasteiger partial charge >= 0.3 is 5.97 Å². The second-order valence-electron chi connectivity index (χ2n) is 3.23. The van der Waals surface area contributed by atoms with Crippen LogP contribution in [0, 0.1) is 0 Å². The smallest absolute Gasteiger partial charge is 0.328 e. The molecule has 14 heavy (non-hydrogen) atoms. The van der Waals surface area contributed by atoms with Crippen molar-refractivity contribution in [2.45, 2.75) is 18.9 Å². The zero-order valence-corrected chi connectivity index (χ0v) is 7.72. The fourth-order valence-electron chi connectivity index (χ4n) is 1.33. The molecular weight excluding hydrogens is 186 g/mol. The summed E-state index contributed by atoms with van der Waals surface area (Å²) in [5.41, 5.74) is 0. The van der Waals surface area contributed by atoms with E-state index in [-0.39, 0.29) is 12.0 Å². The van der Waals surface area contributed by atoms with Gasteiger partial charge in [0.2, 0.25) is 5.91 Å². The van der Waals surface area contributed by atoms with E-state index in [1.165, 1.54) is 4.90 Å². The lowest BCUT2D eigenvalue weighted by Crippen LogP contribution is -2.39. The third kappa shape index (κ3) is 3.18. The Morgan fingerprint density at radius 2 is 1.79 bits per heavy atom. The van der Waals surface area contributed by atoms with Crippen LogP contribution in [-0.4, -0.2) is 46.2 Å². The number of carboxylic acids is 1. The van der Waals surface area contributed by atoms with Crippen LogP contribution in [0.3, 0.4) is 0 Å². The lowest BCUT2D eigenvalue weighted by Gasteiger charge is -2.28. The van der Waals surface area contributed by atoms with Gasteiger partial charge in [-0.2, -0.15) is 0 Å². The SMILES string of the molecule is O=C(O)C=CC(=O)N1CCC(O)CC1. The Labute approximate surface area is 81.6 Å². The second kappa shape index (κ2) is 4.76. The number of amides is 1. The first-order valence-corrected chi connectivity index (χ1v) is 4.47. The molecule has 0 spiro atoms. The third-order valence-corrected chi connectivity index (χ3v) is 2.14. The van der Waals surface area contributed by atoms with Crippen LogP contribution in [0.15, 0.2) is 12.2 Å². The molecule has 0 atom stereocenters. The fraction of sp³-hybridized carbons (Fsp3) is 0.556. The Kier molecular flexibility index (Phi) is 3.64. The molecule has 5 nitrogen and oxygen atoms in total. The summed E-state index contributed by atoms with van der Waals surface area (Å²) in [5.74, 6) is -1.44. The van der Waals surface area contributed by atoms with Crippen LogP contribution in [0.25, 0.3) is 0 Å². The molecule has 0 aromatic rings. The molecule has 0 aliphatic carbocycles. The number of hydrogen-bond donors (Lipinski definition) is 2. The lowest BCUT2D eigenvalue weighted by atomic mass is 10.1. The number of hydrogen-bond acceptors (Lipinski definition) is 3. The minimum absolute atomic E-state index is 0.306. The van der Waals surface area contributed by atoms with Gasteiger partial charge in [-0.25, -0.2) is 4.79 Å². The van der Waals surface area contributed by atoms with Gasteiger partial charge in [0.05, 0.1) is 6.10 Å². The summed E-state index contributed by atoms with van der Waals surface area (Å²) in [7, 11) is 0. The van der Waals surface area contributed by atoms with Crippen molar-refractivity contribution in [1.82, 2.24) is 4.90 Å². The molecule has 1 amide bonds. The molecule has 1 fully saturated rings. The number of piperidine rings is 1. The van der Waals surface area contributed by atoms with E-state index in [4.69, 9.17) is 5.11 Å². The van der Waals surface area contributed by atoms with Crippen LogP contribution in [0.2, 0.25) is 0 Å². The lowest BCUT2D eigenvalue weighted by molar-refractivity contribution is -0.132. The standard InChI is InChI=1S/C9H13NO4/c11-7-3-5-10(6-4-7)8(12)1-2-9(13)14/h1-2,7,11H,3-6H2,(H,13,14). The van der Waals surface area contributed by atoms with E-state index in [0.717, 1.165) is 12.2 Å². The summed E-state index contributed by atoms with van der Waals surface area (Å²) in [5, 5.41) is 17.5.